The van der Waals surface area contributed by atoms with Gasteiger partial charge in [0.15, 0.2) is 0 Å². The van der Waals surface area contributed by atoms with E-state index in [1.165, 1.54) is 7.05 Å². The summed E-state index contributed by atoms with van der Waals surface area (Å²) < 4.78 is 38.2. The molecule has 0 saturated heterocycles. The fraction of sp³-hybridized carbons (Fsp3) is 0.400. The van der Waals surface area contributed by atoms with Crippen LogP contribution >= 0.6 is 0 Å². The van der Waals surface area contributed by atoms with E-state index in [1.54, 1.807) is 0 Å². The second-order valence-corrected chi connectivity index (χ2v) is 1.85. The molecule has 0 saturated carbocycles. The predicted octanol–water partition coefficient (Wildman–Crippen LogP) is 0.853. The van der Waals surface area contributed by atoms with Crippen molar-refractivity contribution in [1.82, 2.24) is 10.2 Å². The van der Waals surface area contributed by atoms with E-state index in [9.17, 15) is 13.2 Å². The average molecular weight is 166 g/mol. The number of halogens is 3. The molecule has 2 radical (unpaired) electrons. The van der Waals surface area contributed by atoms with E-state index in [0.717, 1.165) is 11.1 Å². The first-order chi connectivity index (χ1) is 4.99. The number of hydrogen-bond acceptors (Lipinski definition) is 3. The van der Waals surface area contributed by atoms with Crippen LogP contribution in [0.5, 0.6) is 0 Å². The average Bonchev–Trinajstić information content (AvgIpc) is 2.12. The number of ether oxygens (including phenoxy) is 1. The lowest BCUT2D eigenvalue weighted by molar-refractivity contribution is -0.312. The number of rotatable bonds is 1. The van der Waals surface area contributed by atoms with Crippen LogP contribution in [-0.2, 0) is 4.74 Å². The fourth-order valence-electron chi connectivity index (χ4n) is 0.559. The Morgan fingerprint density at radius 3 is 2.64 bits per heavy atom. The van der Waals surface area contributed by atoms with Gasteiger partial charge in [-0.3, -0.25) is 0 Å². The first-order valence-corrected chi connectivity index (χ1v) is 2.70. The molecule has 6 heteroatoms. The molecule has 1 aliphatic heterocycles. The smallest absolute Gasteiger partial charge is 0.388 e. The Morgan fingerprint density at radius 1 is 1.64 bits per heavy atom. The van der Waals surface area contributed by atoms with Crippen molar-refractivity contribution in [3.05, 3.63) is 18.8 Å². The highest BCUT2D eigenvalue weighted by Crippen LogP contribution is 2.23. The first-order valence-electron chi connectivity index (χ1n) is 2.70. The highest BCUT2D eigenvalue weighted by atomic mass is 19.4. The molecule has 1 N–H and O–H groups in total. The lowest BCUT2D eigenvalue weighted by atomic mass is 10.8. The van der Waals surface area contributed by atoms with Gasteiger partial charge in [-0.1, -0.05) is 0 Å². The summed E-state index contributed by atoms with van der Waals surface area (Å²) in [6.45, 7) is 2.36. The number of hydrogen-bond donors (Lipinski definition) is 1. The van der Waals surface area contributed by atoms with E-state index in [-0.39, 0.29) is 5.88 Å². The van der Waals surface area contributed by atoms with Crippen molar-refractivity contribution >= 4 is 0 Å². The fourth-order valence-corrected chi connectivity index (χ4v) is 0.559. The Balaban J connectivity index is 2.49. The van der Waals surface area contributed by atoms with Crippen molar-refractivity contribution in [3.63, 3.8) is 0 Å². The normalized spacial score (nSPS) is 17.8. The van der Waals surface area contributed by atoms with Crippen molar-refractivity contribution < 1.29 is 17.9 Å². The van der Waals surface area contributed by atoms with Gasteiger partial charge in [0.05, 0.1) is 6.20 Å². The van der Waals surface area contributed by atoms with Gasteiger partial charge in [-0.25, -0.2) is 0 Å². The summed E-state index contributed by atoms with van der Waals surface area (Å²) in [5.41, 5.74) is 0. The van der Waals surface area contributed by atoms with Gasteiger partial charge < -0.3 is 15.0 Å². The summed E-state index contributed by atoms with van der Waals surface area (Å²) in [5, 5.41) is 2.33. The van der Waals surface area contributed by atoms with Gasteiger partial charge in [0.1, 0.15) is 0 Å². The highest BCUT2D eigenvalue weighted by Gasteiger charge is 2.34. The second-order valence-electron chi connectivity index (χ2n) is 1.85. The van der Waals surface area contributed by atoms with Crippen molar-refractivity contribution in [1.29, 1.82) is 0 Å². The molecule has 0 fully saturated rings. The minimum absolute atomic E-state index is 0.322. The lowest BCUT2D eigenvalue weighted by Gasteiger charge is -2.15. The van der Waals surface area contributed by atoms with Gasteiger partial charge in [0.25, 0.3) is 0 Å². The summed E-state index contributed by atoms with van der Waals surface area (Å²) in [4.78, 5) is 1.06. The highest BCUT2D eigenvalue weighted by molar-refractivity contribution is 5.01. The maximum absolute atomic E-state index is 11.5. The zero-order chi connectivity index (χ0) is 8.48. The molecule has 11 heavy (non-hydrogen) atoms. The van der Waals surface area contributed by atoms with Crippen LogP contribution in [0.25, 0.3) is 0 Å². The van der Waals surface area contributed by atoms with Crippen LogP contribution in [0.15, 0.2) is 12.1 Å². The molecular weight excluding hydrogens is 161 g/mol. The molecule has 0 bridgehead atoms. The van der Waals surface area contributed by atoms with Gasteiger partial charge in [-0.2, -0.15) is 0 Å². The maximum atomic E-state index is 11.5. The molecule has 0 aromatic rings. The third-order valence-corrected chi connectivity index (χ3v) is 0.979. The molecule has 0 spiro atoms. The summed E-state index contributed by atoms with van der Waals surface area (Å²) in [5.74, 6) is -0.322. The van der Waals surface area contributed by atoms with E-state index >= 15 is 0 Å². The summed E-state index contributed by atoms with van der Waals surface area (Å²) in [6, 6.07) is 0. The summed E-state index contributed by atoms with van der Waals surface area (Å²) in [7, 11) is 1.39. The van der Waals surface area contributed by atoms with Crippen LogP contribution in [0, 0.1) is 6.67 Å². The second kappa shape index (κ2) is 2.52. The Kier molecular flexibility index (Phi) is 1.84. The Labute approximate surface area is 61.4 Å². The van der Waals surface area contributed by atoms with Crippen LogP contribution in [0.2, 0.25) is 0 Å². The Morgan fingerprint density at radius 2 is 2.27 bits per heavy atom. The van der Waals surface area contributed by atoms with Crippen LogP contribution in [0.1, 0.15) is 0 Å². The minimum Gasteiger partial charge on any atom is -0.388 e. The van der Waals surface area contributed by atoms with Crippen molar-refractivity contribution in [3.8, 4) is 0 Å². The van der Waals surface area contributed by atoms with E-state index < -0.39 is 6.36 Å². The topological polar surface area (TPSA) is 24.5 Å². The molecule has 3 nitrogen and oxygen atoms in total. The molecule has 1 rings (SSSR count). The van der Waals surface area contributed by atoms with Gasteiger partial charge in [0.2, 0.25) is 12.6 Å². The zero-order valence-corrected chi connectivity index (χ0v) is 5.57. The molecule has 1 heterocycles. The molecule has 0 unspecified atom stereocenters. The molecule has 0 atom stereocenters. The number of nitrogens with one attached hydrogen (secondary N) is 1. The van der Waals surface area contributed by atoms with Crippen LogP contribution in [0.4, 0.5) is 13.2 Å². The molecule has 0 amide bonds. The van der Waals surface area contributed by atoms with Gasteiger partial charge in [0, 0.05) is 7.05 Å². The molecule has 0 aromatic heterocycles. The van der Waals surface area contributed by atoms with Gasteiger partial charge >= 0.3 is 6.36 Å². The van der Waals surface area contributed by atoms with E-state index in [4.69, 9.17) is 0 Å². The van der Waals surface area contributed by atoms with E-state index in [0.29, 0.717) is 0 Å². The SMILES string of the molecule is CN1[C]NC=C1OC(F)(F)F. The van der Waals surface area contributed by atoms with Crippen LogP contribution < -0.4 is 5.32 Å². The zero-order valence-electron chi connectivity index (χ0n) is 5.57. The Bertz CT molecular complexity index is 177. The van der Waals surface area contributed by atoms with Crippen LogP contribution in [-0.4, -0.2) is 18.3 Å². The number of alkyl halides is 3. The van der Waals surface area contributed by atoms with Gasteiger partial charge in [-0.05, 0) is 0 Å². The van der Waals surface area contributed by atoms with E-state index in [2.05, 4.69) is 16.7 Å². The number of nitrogens with zero attached hydrogens (tertiary/aromatic N) is 1. The van der Waals surface area contributed by atoms with Crippen molar-refractivity contribution in [2.24, 2.45) is 0 Å². The minimum atomic E-state index is -4.65. The quantitative estimate of drug-likeness (QED) is 0.625. The molecule has 1 aliphatic rings. The molecular formula is C5H5F3N2O. The molecule has 0 aromatic carbocycles. The standard InChI is InChI=1S/C5H5F3N2O/c1-10-3-9-2-4(10)11-5(6,7)8/h2,9H,1H3. The summed E-state index contributed by atoms with van der Waals surface area (Å²) >= 11 is 0. The van der Waals surface area contributed by atoms with E-state index in [1.807, 2.05) is 0 Å². The third-order valence-electron chi connectivity index (χ3n) is 0.979. The molecule has 62 valence electrons. The Hall–Kier alpha value is -1.07. The van der Waals surface area contributed by atoms with Crippen LogP contribution in [0.3, 0.4) is 0 Å². The maximum Gasteiger partial charge on any atom is 0.574 e. The largest absolute Gasteiger partial charge is 0.574 e. The predicted molar refractivity (Wildman–Crippen MR) is 29.4 cm³/mol. The molecule has 0 aliphatic carbocycles. The van der Waals surface area contributed by atoms with Crippen molar-refractivity contribution in [2.45, 2.75) is 6.36 Å². The lowest BCUT2D eigenvalue weighted by Crippen LogP contribution is -2.20. The first kappa shape index (κ1) is 8.03. The third kappa shape index (κ3) is 2.21. The monoisotopic (exact) mass is 166 g/mol. The van der Waals surface area contributed by atoms with Gasteiger partial charge in [-0.15, -0.1) is 13.2 Å². The summed E-state index contributed by atoms with van der Waals surface area (Å²) in [6.07, 6.45) is -3.58. The van der Waals surface area contributed by atoms with Crippen molar-refractivity contribution in [2.75, 3.05) is 7.05 Å².